The standard InChI is InChI=1S/C16H23N3O3S.ClH/c1-23-11-6-14(17)16(22)19-9-7-18(8-10-19)15(21)12-2-4-13(20)5-3-12;/h2-5,14,20H,6-11,17H2,1H3;1H/t14-;/m0./s1. The number of hydrogen-bond donors (Lipinski definition) is 2. The second-order valence-electron chi connectivity index (χ2n) is 5.55. The molecule has 0 radical (unpaired) electrons. The quantitative estimate of drug-likeness (QED) is 0.809. The fraction of sp³-hybridized carbons (Fsp3) is 0.500. The average Bonchev–Trinajstić information content (AvgIpc) is 2.59. The molecule has 0 aromatic heterocycles. The van der Waals surface area contributed by atoms with E-state index in [4.69, 9.17) is 5.73 Å². The number of carbonyl (C=O) groups excluding carboxylic acids is 2. The minimum absolute atomic E-state index is 0. The van der Waals surface area contributed by atoms with Gasteiger partial charge < -0.3 is 20.6 Å². The fourth-order valence-electron chi connectivity index (χ4n) is 2.52. The molecule has 1 atom stereocenters. The number of halogens is 1. The Bertz CT molecular complexity index is 548. The molecule has 1 heterocycles. The van der Waals surface area contributed by atoms with Crippen molar-refractivity contribution in [2.24, 2.45) is 5.73 Å². The van der Waals surface area contributed by atoms with Crippen molar-refractivity contribution in [3.05, 3.63) is 29.8 Å². The Labute approximate surface area is 152 Å². The van der Waals surface area contributed by atoms with Crippen LogP contribution in [0.4, 0.5) is 0 Å². The van der Waals surface area contributed by atoms with E-state index in [9.17, 15) is 14.7 Å². The Morgan fingerprint density at radius 2 is 1.71 bits per heavy atom. The number of benzene rings is 1. The van der Waals surface area contributed by atoms with Gasteiger partial charge in [-0.25, -0.2) is 0 Å². The molecule has 6 nitrogen and oxygen atoms in total. The number of amides is 2. The first-order chi connectivity index (χ1) is 11.0. The highest BCUT2D eigenvalue weighted by Crippen LogP contribution is 2.14. The van der Waals surface area contributed by atoms with Gasteiger partial charge in [0.15, 0.2) is 0 Å². The average molecular weight is 374 g/mol. The summed E-state index contributed by atoms with van der Waals surface area (Å²) in [7, 11) is 0. The highest BCUT2D eigenvalue weighted by Gasteiger charge is 2.27. The van der Waals surface area contributed by atoms with Gasteiger partial charge in [-0.3, -0.25) is 9.59 Å². The smallest absolute Gasteiger partial charge is 0.253 e. The SMILES string of the molecule is CSCC[C@H](N)C(=O)N1CCN(C(=O)c2ccc(O)cc2)CC1.Cl. The maximum Gasteiger partial charge on any atom is 0.253 e. The molecule has 1 aliphatic rings. The summed E-state index contributed by atoms with van der Waals surface area (Å²) in [4.78, 5) is 28.1. The molecule has 24 heavy (non-hydrogen) atoms. The van der Waals surface area contributed by atoms with Gasteiger partial charge in [0.05, 0.1) is 6.04 Å². The van der Waals surface area contributed by atoms with Gasteiger partial charge in [0.2, 0.25) is 5.91 Å². The topological polar surface area (TPSA) is 86.9 Å². The molecular weight excluding hydrogens is 350 g/mol. The van der Waals surface area contributed by atoms with Gasteiger partial charge in [-0.2, -0.15) is 11.8 Å². The van der Waals surface area contributed by atoms with Gasteiger partial charge in [0.1, 0.15) is 5.75 Å². The van der Waals surface area contributed by atoms with E-state index in [-0.39, 0.29) is 30.0 Å². The molecule has 0 bridgehead atoms. The second kappa shape index (κ2) is 9.76. The zero-order chi connectivity index (χ0) is 16.8. The number of piperazine rings is 1. The normalized spacial score (nSPS) is 15.6. The van der Waals surface area contributed by atoms with Gasteiger partial charge in [-0.1, -0.05) is 0 Å². The number of rotatable bonds is 5. The summed E-state index contributed by atoms with van der Waals surface area (Å²) in [5.74, 6) is 0.891. The number of aromatic hydroxyl groups is 1. The van der Waals surface area contributed by atoms with Gasteiger partial charge >= 0.3 is 0 Å². The summed E-state index contributed by atoms with van der Waals surface area (Å²) in [5.41, 5.74) is 6.47. The van der Waals surface area contributed by atoms with Crippen molar-refractivity contribution in [1.29, 1.82) is 0 Å². The predicted octanol–water partition coefficient (Wildman–Crippen LogP) is 1.18. The molecule has 0 saturated carbocycles. The van der Waals surface area contributed by atoms with E-state index in [0.29, 0.717) is 38.2 Å². The van der Waals surface area contributed by atoms with Crippen molar-refractivity contribution < 1.29 is 14.7 Å². The highest BCUT2D eigenvalue weighted by atomic mass is 35.5. The summed E-state index contributed by atoms with van der Waals surface area (Å²) in [6.07, 6.45) is 2.66. The van der Waals surface area contributed by atoms with Crippen LogP contribution in [0.15, 0.2) is 24.3 Å². The third kappa shape index (κ3) is 5.29. The van der Waals surface area contributed by atoms with E-state index in [1.807, 2.05) is 6.26 Å². The Morgan fingerprint density at radius 1 is 1.17 bits per heavy atom. The molecule has 0 aliphatic carbocycles. The fourth-order valence-corrected chi connectivity index (χ4v) is 3.01. The molecule has 8 heteroatoms. The van der Waals surface area contributed by atoms with Crippen LogP contribution in [0.5, 0.6) is 5.75 Å². The van der Waals surface area contributed by atoms with Crippen LogP contribution in [0.1, 0.15) is 16.8 Å². The van der Waals surface area contributed by atoms with Crippen molar-refractivity contribution in [1.82, 2.24) is 9.80 Å². The number of carbonyl (C=O) groups is 2. The lowest BCUT2D eigenvalue weighted by atomic mass is 10.1. The Morgan fingerprint density at radius 3 is 2.25 bits per heavy atom. The maximum atomic E-state index is 12.4. The zero-order valence-electron chi connectivity index (χ0n) is 13.7. The molecular formula is C16H24ClN3O3S. The first kappa shape index (κ1) is 20.6. The van der Waals surface area contributed by atoms with Crippen molar-refractivity contribution in [3.8, 4) is 5.75 Å². The maximum absolute atomic E-state index is 12.4. The summed E-state index contributed by atoms with van der Waals surface area (Å²) in [6.45, 7) is 2.02. The van der Waals surface area contributed by atoms with E-state index < -0.39 is 6.04 Å². The summed E-state index contributed by atoms with van der Waals surface area (Å²) in [5, 5.41) is 9.28. The number of phenols is 1. The first-order valence-corrected chi connectivity index (χ1v) is 9.04. The van der Waals surface area contributed by atoms with Gasteiger partial charge in [-0.05, 0) is 42.7 Å². The van der Waals surface area contributed by atoms with E-state index in [1.165, 1.54) is 12.1 Å². The van der Waals surface area contributed by atoms with E-state index in [2.05, 4.69) is 0 Å². The summed E-state index contributed by atoms with van der Waals surface area (Å²) in [6, 6.07) is 5.75. The van der Waals surface area contributed by atoms with Crippen molar-refractivity contribution in [3.63, 3.8) is 0 Å². The predicted molar refractivity (Wildman–Crippen MR) is 98.8 cm³/mol. The number of thioether (sulfide) groups is 1. The van der Waals surface area contributed by atoms with Crippen molar-refractivity contribution >= 4 is 36.0 Å². The summed E-state index contributed by atoms with van der Waals surface area (Å²) < 4.78 is 0. The third-order valence-electron chi connectivity index (χ3n) is 3.94. The van der Waals surface area contributed by atoms with Crippen LogP contribution in [0.3, 0.4) is 0 Å². The van der Waals surface area contributed by atoms with Crippen molar-refractivity contribution in [2.45, 2.75) is 12.5 Å². The highest BCUT2D eigenvalue weighted by molar-refractivity contribution is 7.98. The molecule has 1 aromatic carbocycles. The molecule has 3 N–H and O–H groups in total. The number of hydrogen-bond acceptors (Lipinski definition) is 5. The van der Waals surface area contributed by atoms with Gasteiger partial charge in [0, 0.05) is 31.7 Å². The van der Waals surface area contributed by atoms with Crippen LogP contribution < -0.4 is 5.73 Å². The largest absolute Gasteiger partial charge is 0.508 e. The number of nitrogens with zero attached hydrogens (tertiary/aromatic N) is 2. The van der Waals surface area contributed by atoms with Crippen molar-refractivity contribution in [2.75, 3.05) is 38.2 Å². The lowest BCUT2D eigenvalue weighted by Gasteiger charge is -2.36. The zero-order valence-corrected chi connectivity index (χ0v) is 15.3. The van der Waals surface area contributed by atoms with Crippen LogP contribution >= 0.6 is 24.2 Å². The van der Waals surface area contributed by atoms with Crippen LogP contribution in [0.2, 0.25) is 0 Å². The Hall–Kier alpha value is -1.44. The number of phenolic OH excluding ortho intramolecular Hbond substituents is 1. The van der Waals surface area contributed by atoms with Gasteiger partial charge in [-0.15, -0.1) is 12.4 Å². The molecule has 0 spiro atoms. The minimum atomic E-state index is -0.457. The molecule has 2 rings (SSSR count). The Kier molecular flexibility index (Phi) is 8.38. The molecule has 134 valence electrons. The van der Waals surface area contributed by atoms with Crippen LogP contribution in [-0.4, -0.2) is 71.0 Å². The van der Waals surface area contributed by atoms with Gasteiger partial charge in [0.25, 0.3) is 5.91 Å². The second-order valence-corrected chi connectivity index (χ2v) is 6.54. The monoisotopic (exact) mass is 373 g/mol. The Balaban J connectivity index is 0.00000288. The van der Waals surface area contributed by atoms with E-state index in [1.54, 1.807) is 33.7 Å². The van der Waals surface area contributed by atoms with Crippen LogP contribution in [0.25, 0.3) is 0 Å². The third-order valence-corrected chi connectivity index (χ3v) is 4.59. The lowest BCUT2D eigenvalue weighted by molar-refractivity contribution is -0.134. The van der Waals surface area contributed by atoms with E-state index in [0.717, 1.165) is 5.75 Å². The minimum Gasteiger partial charge on any atom is -0.508 e. The van der Waals surface area contributed by atoms with E-state index >= 15 is 0 Å². The lowest BCUT2D eigenvalue weighted by Crippen LogP contribution is -2.54. The molecule has 2 amide bonds. The molecule has 0 unspecified atom stereocenters. The molecule has 1 saturated heterocycles. The van der Waals surface area contributed by atoms with Crippen LogP contribution in [-0.2, 0) is 4.79 Å². The molecule has 1 fully saturated rings. The summed E-state index contributed by atoms with van der Waals surface area (Å²) >= 11 is 1.68. The first-order valence-electron chi connectivity index (χ1n) is 7.64. The molecule has 1 aliphatic heterocycles. The molecule has 1 aromatic rings. The van der Waals surface area contributed by atoms with Crippen LogP contribution in [0, 0.1) is 0 Å². The number of nitrogens with two attached hydrogens (primary N) is 1.